The molecule has 0 amide bonds. The zero-order chi connectivity index (χ0) is 19.3. The Morgan fingerprint density at radius 3 is 2.46 bits per heavy atom. The summed E-state index contributed by atoms with van der Waals surface area (Å²) in [5, 5.41) is 17.2. The molecule has 4 nitrogen and oxygen atoms in total. The minimum Gasteiger partial charge on any atom is -0.267 e. The van der Waals surface area contributed by atoms with Crippen LogP contribution in [0.25, 0.3) is 22.9 Å². The highest BCUT2D eigenvalue weighted by Crippen LogP contribution is 2.28. The Balaban J connectivity index is 1.78. The van der Waals surface area contributed by atoms with Crippen molar-refractivity contribution in [1.29, 1.82) is 5.26 Å². The van der Waals surface area contributed by atoms with Gasteiger partial charge in [-0.05, 0) is 18.6 Å². The van der Waals surface area contributed by atoms with Crippen molar-refractivity contribution in [1.82, 2.24) is 14.8 Å². The van der Waals surface area contributed by atoms with Crippen molar-refractivity contribution in [2.24, 2.45) is 0 Å². The van der Waals surface area contributed by atoms with E-state index in [1.807, 2.05) is 77.8 Å². The molecule has 2 aromatic carbocycles. The van der Waals surface area contributed by atoms with Crippen molar-refractivity contribution >= 4 is 23.0 Å². The first-order chi connectivity index (χ1) is 13.7. The van der Waals surface area contributed by atoms with E-state index in [2.05, 4.69) is 23.2 Å². The molecule has 0 radical (unpaired) electrons. The highest BCUT2D eigenvalue weighted by molar-refractivity contribution is 7.11. The lowest BCUT2D eigenvalue weighted by Gasteiger charge is -2.01. The van der Waals surface area contributed by atoms with Crippen LogP contribution < -0.4 is 0 Å². The smallest absolute Gasteiger partial charge is 0.134 e. The number of hydrogen-bond donors (Lipinski definition) is 0. The van der Waals surface area contributed by atoms with Crippen molar-refractivity contribution in [2.75, 3.05) is 0 Å². The molecule has 2 aromatic heterocycles. The normalized spacial score (nSPS) is 11.4. The Kier molecular flexibility index (Phi) is 5.14. The van der Waals surface area contributed by atoms with E-state index in [1.165, 1.54) is 16.9 Å². The Morgan fingerprint density at radius 1 is 1.11 bits per heavy atom. The fourth-order valence-electron chi connectivity index (χ4n) is 2.99. The summed E-state index contributed by atoms with van der Waals surface area (Å²) in [6.45, 7) is 2.61. The fraction of sp³-hybridized carbons (Fsp3) is 0.0870. The van der Waals surface area contributed by atoms with Gasteiger partial charge in [0.05, 0.1) is 17.8 Å². The van der Waals surface area contributed by atoms with Gasteiger partial charge in [0.1, 0.15) is 11.1 Å². The third-order valence-electron chi connectivity index (χ3n) is 4.29. The second-order valence-corrected chi connectivity index (χ2v) is 7.30. The highest BCUT2D eigenvalue weighted by Gasteiger charge is 2.13. The highest BCUT2D eigenvalue weighted by atomic mass is 32.1. The Bertz CT molecular complexity index is 1150. The average Bonchev–Trinajstić information content (AvgIpc) is 3.33. The van der Waals surface area contributed by atoms with E-state index in [-0.39, 0.29) is 0 Å². The molecule has 0 saturated carbocycles. The molecule has 0 atom stereocenters. The van der Waals surface area contributed by atoms with Crippen LogP contribution in [0.1, 0.15) is 21.8 Å². The quantitative estimate of drug-likeness (QED) is 0.433. The van der Waals surface area contributed by atoms with Gasteiger partial charge in [-0.15, -0.1) is 11.3 Å². The number of allylic oxidation sites excluding steroid dienone is 1. The molecule has 0 unspecified atom stereocenters. The lowest BCUT2D eigenvalue weighted by Crippen LogP contribution is -1.99. The number of thiazole rings is 1. The van der Waals surface area contributed by atoms with Crippen LogP contribution in [0.2, 0.25) is 0 Å². The number of aryl methyl sites for hydroxylation is 1. The largest absolute Gasteiger partial charge is 0.267 e. The molecule has 0 aliphatic rings. The van der Waals surface area contributed by atoms with Gasteiger partial charge in [0.2, 0.25) is 0 Å². The first kappa shape index (κ1) is 17.9. The van der Waals surface area contributed by atoms with Gasteiger partial charge >= 0.3 is 0 Å². The molecule has 0 fully saturated rings. The summed E-state index contributed by atoms with van der Waals surface area (Å²) < 4.78 is 1.92. The van der Waals surface area contributed by atoms with Gasteiger partial charge in [-0.25, -0.2) is 4.98 Å². The van der Waals surface area contributed by atoms with Crippen LogP contribution in [0, 0.1) is 18.3 Å². The van der Waals surface area contributed by atoms with Gasteiger partial charge in [-0.3, -0.25) is 4.68 Å². The van der Waals surface area contributed by atoms with E-state index >= 15 is 0 Å². The number of nitriles is 1. The fourth-order valence-corrected chi connectivity index (χ4v) is 3.75. The number of benzene rings is 2. The molecule has 0 aliphatic heterocycles. The van der Waals surface area contributed by atoms with Crippen LogP contribution in [0.3, 0.4) is 0 Å². The molecular formula is C23H18N4S. The van der Waals surface area contributed by atoms with Gasteiger partial charge in [-0.2, -0.15) is 10.4 Å². The van der Waals surface area contributed by atoms with Crippen LogP contribution in [0.5, 0.6) is 0 Å². The average molecular weight is 382 g/mol. The summed E-state index contributed by atoms with van der Waals surface area (Å²) in [4.78, 5) is 4.46. The summed E-state index contributed by atoms with van der Waals surface area (Å²) in [5.41, 5.74) is 5.44. The maximum absolute atomic E-state index is 9.67. The topological polar surface area (TPSA) is 54.5 Å². The first-order valence-corrected chi connectivity index (χ1v) is 9.82. The summed E-state index contributed by atoms with van der Waals surface area (Å²) in [5.74, 6) is 0. The van der Waals surface area contributed by atoms with E-state index in [0.717, 1.165) is 27.5 Å². The van der Waals surface area contributed by atoms with Gasteiger partial charge < -0.3 is 0 Å². The molecule has 0 spiro atoms. The molecule has 4 aromatic rings. The van der Waals surface area contributed by atoms with Crippen LogP contribution >= 0.6 is 11.3 Å². The third-order valence-corrected chi connectivity index (χ3v) is 5.29. The van der Waals surface area contributed by atoms with Crippen LogP contribution in [-0.4, -0.2) is 14.8 Å². The third kappa shape index (κ3) is 3.93. The summed E-state index contributed by atoms with van der Waals surface area (Å²) in [6, 6.07) is 22.5. The van der Waals surface area contributed by atoms with Gasteiger partial charge in [0.15, 0.2) is 0 Å². The number of aromatic nitrogens is 3. The molecule has 28 heavy (non-hydrogen) atoms. The molecule has 4 rings (SSSR count). The lowest BCUT2D eigenvalue weighted by molar-refractivity contribution is 0.689. The minimum absolute atomic E-state index is 0.551. The number of rotatable bonds is 5. The van der Waals surface area contributed by atoms with Crippen molar-refractivity contribution in [3.63, 3.8) is 0 Å². The second-order valence-electron chi connectivity index (χ2n) is 6.45. The predicted molar refractivity (Wildman–Crippen MR) is 114 cm³/mol. The van der Waals surface area contributed by atoms with E-state index in [9.17, 15) is 5.26 Å². The standard InChI is InChI=1S/C23H18N4S/c1-17-16-28-23(25-17)20(13-24)12-21-15-27(14-18-8-4-2-5-9-18)26-22(21)19-10-6-3-7-11-19/h2-12,15-16H,14H2,1H3/b20-12+. The van der Waals surface area contributed by atoms with E-state index in [4.69, 9.17) is 5.10 Å². The van der Waals surface area contributed by atoms with Crippen LogP contribution in [0.15, 0.2) is 72.2 Å². The van der Waals surface area contributed by atoms with Gasteiger partial charge in [0, 0.05) is 28.4 Å². The number of nitrogens with zero attached hydrogens (tertiary/aromatic N) is 4. The second kappa shape index (κ2) is 8.03. The minimum atomic E-state index is 0.551. The number of hydrogen-bond acceptors (Lipinski definition) is 4. The summed E-state index contributed by atoms with van der Waals surface area (Å²) >= 11 is 1.48. The predicted octanol–water partition coefficient (Wildman–Crippen LogP) is 5.43. The zero-order valence-electron chi connectivity index (χ0n) is 15.4. The van der Waals surface area contributed by atoms with E-state index < -0.39 is 0 Å². The van der Waals surface area contributed by atoms with Crippen LogP contribution in [0.4, 0.5) is 0 Å². The van der Waals surface area contributed by atoms with Gasteiger partial charge in [0.25, 0.3) is 0 Å². The van der Waals surface area contributed by atoms with Gasteiger partial charge in [-0.1, -0.05) is 60.7 Å². The van der Waals surface area contributed by atoms with Crippen LogP contribution in [-0.2, 0) is 6.54 Å². The molecule has 0 N–H and O–H groups in total. The molecule has 0 saturated heterocycles. The van der Waals surface area contributed by atoms with Crippen molar-refractivity contribution in [2.45, 2.75) is 13.5 Å². The molecule has 0 aliphatic carbocycles. The maximum atomic E-state index is 9.67. The zero-order valence-corrected chi connectivity index (χ0v) is 16.2. The monoisotopic (exact) mass is 382 g/mol. The van der Waals surface area contributed by atoms with E-state index in [1.54, 1.807) is 0 Å². The molecule has 0 bridgehead atoms. The van der Waals surface area contributed by atoms with Crippen molar-refractivity contribution in [3.8, 4) is 17.3 Å². The van der Waals surface area contributed by atoms with Crippen molar-refractivity contribution in [3.05, 3.63) is 94.1 Å². The Hall–Kier alpha value is -3.49. The SMILES string of the molecule is Cc1csc(/C(C#N)=C/c2cn(Cc3ccccc3)nc2-c2ccccc2)n1. The molecule has 2 heterocycles. The maximum Gasteiger partial charge on any atom is 0.134 e. The Morgan fingerprint density at radius 2 is 1.82 bits per heavy atom. The molecular weight excluding hydrogens is 364 g/mol. The first-order valence-electron chi connectivity index (χ1n) is 8.94. The Labute approximate surface area is 168 Å². The van der Waals surface area contributed by atoms with Crippen molar-refractivity contribution < 1.29 is 0 Å². The molecule has 136 valence electrons. The summed E-state index contributed by atoms with van der Waals surface area (Å²) in [7, 11) is 0. The van der Waals surface area contributed by atoms with E-state index in [0.29, 0.717) is 12.1 Å². The molecule has 5 heteroatoms. The summed E-state index contributed by atoms with van der Waals surface area (Å²) in [6.07, 6.45) is 3.88. The lowest BCUT2D eigenvalue weighted by atomic mass is 10.1.